The Labute approximate surface area is 220 Å². The van der Waals surface area contributed by atoms with Crippen LogP contribution >= 0.6 is 11.3 Å². The van der Waals surface area contributed by atoms with E-state index in [0.29, 0.717) is 23.6 Å². The van der Waals surface area contributed by atoms with Crippen LogP contribution in [0.25, 0.3) is 6.08 Å². The molecule has 4 aromatic rings. The van der Waals surface area contributed by atoms with Gasteiger partial charge in [-0.15, -0.1) is 11.3 Å². The lowest BCUT2D eigenvalue weighted by Gasteiger charge is -2.19. The van der Waals surface area contributed by atoms with Crippen molar-refractivity contribution in [3.8, 4) is 5.75 Å². The maximum absolute atomic E-state index is 13.2. The molecule has 37 heavy (non-hydrogen) atoms. The normalized spacial score (nSPS) is 11.7. The number of carbonyl (C=O) groups excluding carboxylic acids is 2. The summed E-state index contributed by atoms with van der Waals surface area (Å²) in [4.78, 5) is 26.7. The molecule has 0 bridgehead atoms. The maximum atomic E-state index is 13.2. The minimum absolute atomic E-state index is 0.176. The quantitative estimate of drug-likeness (QED) is 0.167. The SMILES string of the molecule is COc1ccc(NC(=O)C(NCc2cccs2)c2ccc(C=CC(=O)Nc3ccccc3N)cc2)cc1. The second kappa shape index (κ2) is 12.5. The summed E-state index contributed by atoms with van der Waals surface area (Å²) in [5.74, 6) is 0.260. The highest BCUT2D eigenvalue weighted by Gasteiger charge is 2.20. The van der Waals surface area contributed by atoms with Crippen LogP contribution in [0.3, 0.4) is 0 Å². The highest BCUT2D eigenvalue weighted by atomic mass is 32.1. The molecule has 1 unspecified atom stereocenters. The minimum Gasteiger partial charge on any atom is -0.497 e. The van der Waals surface area contributed by atoms with Crippen molar-refractivity contribution in [2.45, 2.75) is 12.6 Å². The Bertz CT molecular complexity index is 1350. The monoisotopic (exact) mass is 512 g/mol. The van der Waals surface area contributed by atoms with E-state index in [1.807, 2.05) is 53.9 Å². The number of methoxy groups -OCH3 is 1. The summed E-state index contributed by atoms with van der Waals surface area (Å²) < 4.78 is 5.19. The minimum atomic E-state index is -0.577. The zero-order valence-electron chi connectivity index (χ0n) is 20.3. The first-order chi connectivity index (χ1) is 18.0. The zero-order valence-corrected chi connectivity index (χ0v) is 21.1. The molecule has 0 fully saturated rings. The number of amides is 2. The zero-order chi connectivity index (χ0) is 26.0. The summed E-state index contributed by atoms with van der Waals surface area (Å²) in [6.45, 7) is 0.558. The van der Waals surface area contributed by atoms with Gasteiger partial charge in [-0.3, -0.25) is 14.9 Å². The Kier molecular flexibility index (Phi) is 8.70. The van der Waals surface area contributed by atoms with Crippen LogP contribution in [0.2, 0.25) is 0 Å². The van der Waals surface area contributed by atoms with Gasteiger partial charge in [0.25, 0.3) is 0 Å². The number of anilines is 3. The number of para-hydroxylation sites is 2. The van der Waals surface area contributed by atoms with Gasteiger partial charge in [-0.1, -0.05) is 42.5 Å². The fraction of sp³-hybridized carbons (Fsp3) is 0.103. The van der Waals surface area contributed by atoms with Crippen LogP contribution < -0.4 is 26.4 Å². The average Bonchev–Trinajstić information content (AvgIpc) is 3.44. The Morgan fingerprint density at radius 1 is 0.946 bits per heavy atom. The fourth-order valence-corrected chi connectivity index (χ4v) is 4.28. The van der Waals surface area contributed by atoms with Gasteiger partial charge in [-0.05, 0) is 65.0 Å². The number of benzene rings is 3. The summed E-state index contributed by atoms with van der Waals surface area (Å²) in [7, 11) is 1.60. The van der Waals surface area contributed by atoms with Gasteiger partial charge >= 0.3 is 0 Å². The number of thiophene rings is 1. The van der Waals surface area contributed by atoms with Gasteiger partial charge in [0.05, 0.1) is 18.5 Å². The van der Waals surface area contributed by atoms with Gasteiger partial charge in [0, 0.05) is 23.2 Å². The maximum Gasteiger partial charge on any atom is 0.248 e. The van der Waals surface area contributed by atoms with E-state index in [2.05, 4.69) is 16.0 Å². The number of nitrogens with one attached hydrogen (secondary N) is 3. The van der Waals surface area contributed by atoms with E-state index in [-0.39, 0.29) is 11.8 Å². The van der Waals surface area contributed by atoms with Crippen LogP contribution in [0, 0.1) is 0 Å². The first kappa shape index (κ1) is 25.7. The molecule has 0 aliphatic heterocycles. The average molecular weight is 513 g/mol. The summed E-state index contributed by atoms with van der Waals surface area (Å²) >= 11 is 1.63. The van der Waals surface area contributed by atoms with Gasteiger partial charge in [0.2, 0.25) is 11.8 Å². The molecular formula is C29H28N4O3S. The Balaban J connectivity index is 1.45. The number of nitrogen functional groups attached to an aromatic ring is 1. The van der Waals surface area contributed by atoms with Crippen molar-refractivity contribution in [2.75, 3.05) is 23.5 Å². The number of hydrogen-bond donors (Lipinski definition) is 4. The van der Waals surface area contributed by atoms with Gasteiger partial charge < -0.3 is 21.1 Å². The molecule has 1 heterocycles. The lowest BCUT2D eigenvalue weighted by Crippen LogP contribution is -2.32. The second-order valence-electron chi connectivity index (χ2n) is 8.19. The smallest absolute Gasteiger partial charge is 0.248 e. The van der Waals surface area contributed by atoms with E-state index >= 15 is 0 Å². The highest BCUT2D eigenvalue weighted by molar-refractivity contribution is 7.09. The molecule has 3 aromatic carbocycles. The fourth-order valence-electron chi connectivity index (χ4n) is 3.62. The predicted octanol–water partition coefficient (Wildman–Crippen LogP) is 5.46. The number of carbonyl (C=O) groups is 2. The third-order valence-electron chi connectivity index (χ3n) is 5.60. The molecule has 4 rings (SSSR count). The van der Waals surface area contributed by atoms with Crippen LogP contribution in [0.4, 0.5) is 17.1 Å². The van der Waals surface area contributed by atoms with Gasteiger partial charge in [0.1, 0.15) is 11.8 Å². The predicted molar refractivity (Wildman–Crippen MR) is 150 cm³/mol. The van der Waals surface area contributed by atoms with Gasteiger partial charge in [0.15, 0.2) is 0 Å². The van der Waals surface area contributed by atoms with E-state index in [4.69, 9.17) is 10.5 Å². The van der Waals surface area contributed by atoms with Gasteiger partial charge in [-0.25, -0.2) is 0 Å². The molecule has 0 saturated carbocycles. The van der Waals surface area contributed by atoms with Crippen molar-refractivity contribution in [1.82, 2.24) is 5.32 Å². The van der Waals surface area contributed by atoms with Gasteiger partial charge in [-0.2, -0.15) is 0 Å². The largest absolute Gasteiger partial charge is 0.497 e. The second-order valence-corrected chi connectivity index (χ2v) is 9.22. The molecule has 0 aliphatic rings. The van der Waals surface area contributed by atoms with E-state index in [0.717, 1.165) is 21.8 Å². The van der Waals surface area contributed by atoms with E-state index in [1.54, 1.807) is 60.9 Å². The van der Waals surface area contributed by atoms with E-state index in [1.165, 1.54) is 6.08 Å². The van der Waals surface area contributed by atoms with Crippen molar-refractivity contribution in [2.24, 2.45) is 0 Å². The third kappa shape index (κ3) is 7.30. The molecule has 8 heteroatoms. The topological polar surface area (TPSA) is 105 Å². The van der Waals surface area contributed by atoms with E-state index < -0.39 is 6.04 Å². The van der Waals surface area contributed by atoms with Crippen molar-refractivity contribution in [3.63, 3.8) is 0 Å². The lowest BCUT2D eigenvalue weighted by atomic mass is 10.0. The molecule has 188 valence electrons. The molecule has 5 N–H and O–H groups in total. The molecule has 2 amide bonds. The Hall–Kier alpha value is -4.40. The molecule has 7 nitrogen and oxygen atoms in total. The van der Waals surface area contributed by atoms with Crippen molar-refractivity contribution >= 4 is 46.3 Å². The Morgan fingerprint density at radius 3 is 2.38 bits per heavy atom. The number of nitrogens with two attached hydrogens (primary N) is 1. The summed E-state index contributed by atoms with van der Waals surface area (Å²) in [6.07, 6.45) is 3.16. The number of rotatable bonds is 10. The number of ether oxygens (including phenoxy) is 1. The van der Waals surface area contributed by atoms with Crippen molar-refractivity contribution in [1.29, 1.82) is 0 Å². The first-order valence-electron chi connectivity index (χ1n) is 11.7. The number of hydrogen-bond acceptors (Lipinski definition) is 6. The van der Waals surface area contributed by atoms with Crippen molar-refractivity contribution < 1.29 is 14.3 Å². The van der Waals surface area contributed by atoms with Crippen LogP contribution in [-0.4, -0.2) is 18.9 Å². The van der Waals surface area contributed by atoms with E-state index in [9.17, 15) is 9.59 Å². The summed E-state index contributed by atoms with van der Waals surface area (Å²) in [5, 5.41) is 11.1. The molecule has 1 atom stereocenters. The highest BCUT2D eigenvalue weighted by Crippen LogP contribution is 2.21. The molecule has 0 saturated heterocycles. The Morgan fingerprint density at radius 2 is 1.70 bits per heavy atom. The third-order valence-corrected chi connectivity index (χ3v) is 6.47. The van der Waals surface area contributed by atoms with Crippen LogP contribution in [0.1, 0.15) is 22.0 Å². The van der Waals surface area contributed by atoms with Crippen LogP contribution in [0.5, 0.6) is 5.75 Å². The summed E-state index contributed by atoms with van der Waals surface area (Å²) in [5.41, 5.74) is 9.26. The summed E-state index contributed by atoms with van der Waals surface area (Å²) in [6, 6.07) is 25.2. The van der Waals surface area contributed by atoms with Crippen molar-refractivity contribution in [3.05, 3.63) is 112 Å². The molecule has 1 aromatic heterocycles. The molecule has 0 aliphatic carbocycles. The molecule has 0 spiro atoms. The molecule has 0 radical (unpaired) electrons. The lowest BCUT2D eigenvalue weighted by molar-refractivity contribution is -0.118. The van der Waals surface area contributed by atoms with Crippen LogP contribution in [-0.2, 0) is 16.1 Å². The van der Waals surface area contributed by atoms with Crippen LogP contribution in [0.15, 0.2) is 96.4 Å². The standard InChI is InChI=1S/C29H28N4O3S/c1-36-23-15-13-22(14-16-23)32-29(35)28(31-19-24-5-4-18-37-24)21-11-8-20(9-12-21)10-17-27(34)33-26-7-3-2-6-25(26)30/h2-18,28,31H,19,30H2,1H3,(H,32,35)(H,33,34). The first-order valence-corrected chi connectivity index (χ1v) is 12.5. The molecular weight excluding hydrogens is 484 g/mol.